The van der Waals surface area contributed by atoms with Crippen LogP contribution in [-0.2, 0) is 0 Å². The average Bonchev–Trinajstić information content (AvgIpc) is 2.18. The number of aliphatic hydroxyl groups is 2. The van der Waals surface area contributed by atoms with Gasteiger partial charge in [0, 0.05) is 18.0 Å². The number of hydrogen-bond donors (Lipinski definition) is 3. The van der Waals surface area contributed by atoms with Gasteiger partial charge in [-0.2, -0.15) is 0 Å². The maximum absolute atomic E-state index is 10.8. The standard InChI is InChI=1S/C9H17NO4/c1-7-9(5-11,6-12)3-2-4-10(7)8(13)14/h7,11-12H,2-6H2,1H3,(H,13,14)/t7-/m0/s1. The molecule has 3 N–H and O–H groups in total. The van der Waals surface area contributed by atoms with Crippen molar-refractivity contribution in [3.05, 3.63) is 0 Å². The first-order valence-electron chi connectivity index (χ1n) is 4.78. The van der Waals surface area contributed by atoms with Gasteiger partial charge in [0.15, 0.2) is 0 Å². The molecule has 1 atom stereocenters. The fourth-order valence-electron chi connectivity index (χ4n) is 2.07. The third-order valence-corrected chi connectivity index (χ3v) is 3.30. The van der Waals surface area contributed by atoms with Crippen LogP contribution in [0.25, 0.3) is 0 Å². The minimum absolute atomic E-state index is 0.172. The Morgan fingerprint density at radius 1 is 1.50 bits per heavy atom. The van der Waals surface area contributed by atoms with Gasteiger partial charge in [-0.1, -0.05) is 0 Å². The molecule has 1 rings (SSSR count). The molecular formula is C9H17NO4. The van der Waals surface area contributed by atoms with Crippen molar-refractivity contribution in [2.45, 2.75) is 25.8 Å². The largest absolute Gasteiger partial charge is 0.465 e. The Hall–Kier alpha value is -0.810. The topological polar surface area (TPSA) is 81.0 Å². The van der Waals surface area contributed by atoms with Crippen LogP contribution in [-0.4, -0.2) is 52.1 Å². The van der Waals surface area contributed by atoms with E-state index in [-0.39, 0.29) is 19.3 Å². The van der Waals surface area contributed by atoms with Gasteiger partial charge < -0.3 is 20.2 Å². The highest BCUT2D eigenvalue weighted by atomic mass is 16.4. The summed E-state index contributed by atoms with van der Waals surface area (Å²) in [5.74, 6) is 0. The molecule has 1 fully saturated rings. The number of carbonyl (C=O) groups is 1. The van der Waals surface area contributed by atoms with E-state index in [1.807, 2.05) is 0 Å². The summed E-state index contributed by atoms with van der Waals surface area (Å²) in [5, 5.41) is 27.4. The number of aliphatic hydroxyl groups excluding tert-OH is 2. The molecule has 5 nitrogen and oxygen atoms in total. The molecular weight excluding hydrogens is 186 g/mol. The van der Waals surface area contributed by atoms with E-state index in [0.717, 1.165) is 0 Å². The van der Waals surface area contributed by atoms with Crippen LogP contribution in [0.5, 0.6) is 0 Å². The van der Waals surface area contributed by atoms with Gasteiger partial charge >= 0.3 is 6.09 Å². The van der Waals surface area contributed by atoms with E-state index in [1.165, 1.54) is 4.90 Å². The van der Waals surface area contributed by atoms with Crippen LogP contribution in [0, 0.1) is 5.41 Å². The molecule has 0 saturated carbocycles. The number of amides is 1. The van der Waals surface area contributed by atoms with Crippen LogP contribution in [0.3, 0.4) is 0 Å². The molecule has 1 aliphatic heterocycles. The van der Waals surface area contributed by atoms with Crippen molar-refractivity contribution in [1.29, 1.82) is 0 Å². The smallest absolute Gasteiger partial charge is 0.407 e. The van der Waals surface area contributed by atoms with E-state index in [2.05, 4.69) is 0 Å². The molecule has 0 unspecified atom stereocenters. The number of piperidine rings is 1. The van der Waals surface area contributed by atoms with Crippen molar-refractivity contribution in [3.8, 4) is 0 Å². The number of nitrogens with zero attached hydrogens (tertiary/aromatic N) is 1. The molecule has 1 heterocycles. The Balaban J connectivity index is 2.83. The summed E-state index contributed by atoms with van der Waals surface area (Å²) in [6.45, 7) is 1.88. The molecule has 0 radical (unpaired) electrons. The van der Waals surface area contributed by atoms with Gasteiger partial charge in [-0.15, -0.1) is 0 Å². The van der Waals surface area contributed by atoms with Crippen LogP contribution in [0.1, 0.15) is 19.8 Å². The molecule has 0 aromatic heterocycles. The average molecular weight is 203 g/mol. The Morgan fingerprint density at radius 2 is 2.07 bits per heavy atom. The highest BCUT2D eigenvalue weighted by Gasteiger charge is 2.43. The van der Waals surface area contributed by atoms with Gasteiger partial charge in [0.1, 0.15) is 0 Å². The van der Waals surface area contributed by atoms with Gasteiger partial charge in [0.25, 0.3) is 0 Å². The third kappa shape index (κ3) is 1.69. The monoisotopic (exact) mass is 203 g/mol. The van der Waals surface area contributed by atoms with Crippen LogP contribution in [0.2, 0.25) is 0 Å². The number of likely N-dealkylation sites (tertiary alicyclic amines) is 1. The molecule has 5 heteroatoms. The zero-order chi connectivity index (χ0) is 10.8. The molecule has 0 aromatic carbocycles. The zero-order valence-corrected chi connectivity index (χ0v) is 8.31. The molecule has 1 aliphatic rings. The first kappa shape index (κ1) is 11.3. The lowest BCUT2D eigenvalue weighted by Gasteiger charge is -2.45. The molecule has 0 aliphatic carbocycles. The van der Waals surface area contributed by atoms with Crippen molar-refractivity contribution in [3.63, 3.8) is 0 Å². The van der Waals surface area contributed by atoms with E-state index in [4.69, 9.17) is 5.11 Å². The minimum atomic E-state index is -0.983. The first-order valence-corrected chi connectivity index (χ1v) is 4.78. The predicted octanol–water partition coefficient (Wildman–Crippen LogP) is 0.120. The summed E-state index contributed by atoms with van der Waals surface area (Å²) in [7, 11) is 0. The van der Waals surface area contributed by atoms with Crippen molar-refractivity contribution in [1.82, 2.24) is 4.90 Å². The first-order chi connectivity index (χ1) is 6.57. The van der Waals surface area contributed by atoms with Gasteiger partial charge in [-0.25, -0.2) is 4.79 Å². The summed E-state index contributed by atoms with van der Waals surface area (Å²) in [5.41, 5.74) is -0.670. The van der Waals surface area contributed by atoms with Crippen LogP contribution in [0.15, 0.2) is 0 Å². The Morgan fingerprint density at radius 3 is 2.50 bits per heavy atom. The lowest BCUT2D eigenvalue weighted by atomic mass is 9.75. The highest BCUT2D eigenvalue weighted by Crippen LogP contribution is 2.35. The fraction of sp³-hybridized carbons (Fsp3) is 0.889. The predicted molar refractivity (Wildman–Crippen MR) is 50.0 cm³/mol. The van der Waals surface area contributed by atoms with E-state index in [1.54, 1.807) is 6.92 Å². The molecule has 1 saturated heterocycles. The summed E-state index contributed by atoms with van der Waals surface area (Å²) < 4.78 is 0. The van der Waals surface area contributed by atoms with Gasteiger partial charge in [-0.05, 0) is 19.8 Å². The fourth-order valence-corrected chi connectivity index (χ4v) is 2.07. The Kier molecular flexibility index (Phi) is 3.34. The lowest BCUT2D eigenvalue weighted by molar-refractivity contribution is -0.0439. The number of hydrogen-bond acceptors (Lipinski definition) is 3. The van der Waals surface area contributed by atoms with Crippen molar-refractivity contribution in [2.75, 3.05) is 19.8 Å². The van der Waals surface area contributed by atoms with Gasteiger partial charge in [-0.3, -0.25) is 0 Å². The molecule has 82 valence electrons. The molecule has 0 bridgehead atoms. The minimum Gasteiger partial charge on any atom is -0.465 e. The van der Waals surface area contributed by atoms with Crippen molar-refractivity contribution < 1.29 is 20.1 Å². The highest BCUT2D eigenvalue weighted by molar-refractivity contribution is 5.65. The third-order valence-electron chi connectivity index (χ3n) is 3.30. The van der Waals surface area contributed by atoms with Crippen LogP contribution >= 0.6 is 0 Å². The summed E-state index contributed by atoms with van der Waals surface area (Å²) in [6.07, 6.45) is 0.381. The second-order valence-electron chi connectivity index (χ2n) is 3.93. The van der Waals surface area contributed by atoms with E-state index in [0.29, 0.717) is 19.4 Å². The van der Waals surface area contributed by atoms with Crippen molar-refractivity contribution in [2.24, 2.45) is 5.41 Å². The van der Waals surface area contributed by atoms with E-state index >= 15 is 0 Å². The normalized spacial score (nSPS) is 26.2. The molecule has 0 spiro atoms. The van der Waals surface area contributed by atoms with Crippen LogP contribution in [0.4, 0.5) is 4.79 Å². The van der Waals surface area contributed by atoms with Crippen molar-refractivity contribution >= 4 is 6.09 Å². The van der Waals surface area contributed by atoms with Crippen LogP contribution < -0.4 is 0 Å². The molecule has 14 heavy (non-hydrogen) atoms. The van der Waals surface area contributed by atoms with Gasteiger partial charge in [0.05, 0.1) is 13.2 Å². The maximum Gasteiger partial charge on any atom is 0.407 e. The number of carboxylic acid groups (broad SMARTS) is 1. The lowest BCUT2D eigenvalue weighted by Crippen LogP contribution is -2.55. The van der Waals surface area contributed by atoms with Gasteiger partial charge in [0.2, 0.25) is 0 Å². The second kappa shape index (κ2) is 4.14. The molecule has 1 amide bonds. The Bertz CT molecular complexity index is 215. The SMILES string of the molecule is C[C@@H]1N(C(=O)O)CCCC1(CO)CO. The maximum atomic E-state index is 10.8. The summed E-state index contributed by atoms with van der Waals surface area (Å²) >= 11 is 0. The summed E-state index contributed by atoms with van der Waals surface area (Å²) in [6, 6.07) is -0.330. The zero-order valence-electron chi connectivity index (χ0n) is 8.31. The van der Waals surface area contributed by atoms with E-state index in [9.17, 15) is 15.0 Å². The number of rotatable bonds is 2. The van der Waals surface area contributed by atoms with E-state index < -0.39 is 11.5 Å². The molecule has 0 aromatic rings. The Labute approximate surface area is 83.0 Å². The second-order valence-corrected chi connectivity index (χ2v) is 3.93. The quantitative estimate of drug-likeness (QED) is 0.595. The summed E-state index contributed by atoms with van der Waals surface area (Å²) in [4.78, 5) is 12.1.